The Bertz CT molecular complexity index is 548. The molecule has 0 saturated carbocycles. The zero-order valence-corrected chi connectivity index (χ0v) is 16.9. The van der Waals surface area contributed by atoms with E-state index >= 15 is 0 Å². The zero-order chi connectivity index (χ0) is 17.5. The number of ether oxygens (including phenoxy) is 2. The van der Waals surface area contributed by atoms with Gasteiger partial charge in [0, 0.05) is 11.5 Å². The standard InChI is InChI=1S/C19H32O3Si/c1-14-9-10-16(15-12-20-19(5,6)21-13-15)17(11-14)22-23(7,8)18(2,3)4/h9-11,15H,12-13H2,1-8H3. The Morgan fingerprint density at radius 2 is 1.70 bits per heavy atom. The van der Waals surface area contributed by atoms with Crippen LogP contribution in [0.5, 0.6) is 5.75 Å². The third kappa shape index (κ3) is 4.37. The van der Waals surface area contributed by atoms with Gasteiger partial charge < -0.3 is 13.9 Å². The molecule has 1 aromatic rings. The average molecular weight is 337 g/mol. The van der Waals surface area contributed by atoms with E-state index in [1.807, 2.05) is 13.8 Å². The monoisotopic (exact) mass is 336 g/mol. The van der Waals surface area contributed by atoms with Gasteiger partial charge in [-0.15, -0.1) is 0 Å². The molecule has 1 aliphatic heterocycles. The summed E-state index contributed by atoms with van der Waals surface area (Å²) in [6.45, 7) is 18.8. The molecule has 0 N–H and O–H groups in total. The summed E-state index contributed by atoms with van der Waals surface area (Å²) in [5.41, 5.74) is 2.43. The highest BCUT2D eigenvalue weighted by molar-refractivity contribution is 6.74. The molecule has 0 unspecified atom stereocenters. The minimum Gasteiger partial charge on any atom is -0.543 e. The summed E-state index contributed by atoms with van der Waals surface area (Å²) in [7, 11) is -1.87. The number of hydrogen-bond acceptors (Lipinski definition) is 3. The van der Waals surface area contributed by atoms with Crippen LogP contribution in [-0.2, 0) is 9.47 Å². The van der Waals surface area contributed by atoms with E-state index in [0.29, 0.717) is 13.2 Å². The molecule has 3 nitrogen and oxygen atoms in total. The summed E-state index contributed by atoms with van der Waals surface area (Å²) < 4.78 is 18.3. The lowest BCUT2D eigenvalue weighted by Crippen LogP contribution is -2.44. The summed E-state index contributed by atoms with van der Waals surface area (Å²) in [6, 6.07) is 6.48. The molecule has 0 aromatic heterocycles. The Kier molecular flexibility index (Phi) is 5.01. The molecule has 1 heterocycles. The fourth-order valence-electron chi connectivity index (χ4n) is 2.37. The second-order valence-corrected chi connectivity index (χ2v) is 13.3. The van der Waals surface area contributed by atoms with Crippen LogP contribution in [0.15, 0.2) is 18.2 Å². The summed E-state index contributed by atoms with van der Waals surface area (Å²) in [5, 5.41) is 0.176. The predicted octanol–water partition coefficient (Wildman–Crippen LogP) is 5.25. The highest BCUT2D eigenvalue weighted by Crippen LogP contribution is 2.40. The number of hydrogen-bond donors (Lipinski definition) is 0. The highest BCUT2D eigenvalue weighted by Gasteiger charge is 2.40. The van der Waals surface area contributed by atoms with Gasteiger partial charge in [0.25, 0.3) is 0 Å². The molecule has 0 radical (unpaired) electrons. The van der Waals surface area contributed by atoms with Crippen molar-refractivity contribution in [3.05, 3.63) is 29.3 Å². The molecule has 0 aliphatic carbocycles. The van der Waals surface area contributed by atoms with Crippen LogP contribution in [0.2, 0.25) is 18.1 Å². The summed E-state index contributed by atoms with van der Waals surface area (Å²) in [4.78, 5) is 0. The topological polar surface area (TPSA) is 27.7 Å². The van der Waals surface area contributed by atoms with Gasteiger partial charge in [0.1, 0.15) is 5.75 Å². The summed E-state index contributed by atoms with van der Waals surface area (Å²) in [5.74, 6) is 0.749. The molecular formula is C19H32O3Si. The van der Waals surface area contributed by atoms with Gasteiger partial charge in [-0.3, -0.25) is 0 Å². The molecule has 0 spiro atoms. The molecular weight excluding hydrogens is 304 g/mol. The van der Waals surface area contributed by atoms with Gasteiger partial charge in [-0.25, -0.2) is 0 Å². The molecule has 1 aliphatic rings. The van der Waals surface area contributed by atoms with Crippen molar-refractivity contribution in [3.8, 4) is 5.75 Å². The van der Waals surface area contributed by atoms with Gasteiger partial charge in [0.05, 0.1) is 13.2 Å². The molecule has 2 rings (SSSR count). The summed E-state index contributed by atoms with van der Waals surface area (Å²) in [6.07, 6.45) is 0. The molecule has 0 atom stereocenters. The van der Waals surface area contributed by atoms with Crippen molar-refractivity contribution in [2.24, 2.45) is 0 Å². The van der Waals surface area contributed by atoms with E-state index in [2.05, 4.69) is 59.0 Å². The maximum atomic E-state index is 6.61. The lowest BCUT2D eigenvalue weighted by Gasteiger charge is -2.39. The van der Waals surface area contributed by atoms with E-state index in [-0.39, 0.29) is 11.0 Å². The van der Waals surface area contributed by atoms with Gasteiger partial charge in [0.2, 0.25) is 8.32 Å². The predicted molar refractivity (Wildman–Crippen MR) is 97.7 cm³/mol. The minimum atomic E-state index is -1.87. The average Bonchev–Trinajstić information content (AvgIpc) is 2.38. The third-order valence-corrected chi connectivity index (χ3v) is 9.39. The lowest BCUT2D eigenvalue weighted by molar-refractivity contribution is -0.251. The Balaban J connectivity index is 2.28. The van der Waals surface area contributed by atoms with Crippen LogP contribution in [-0.4, -0.2) is 27.3 Å². The van der Waals surface area contributed by atoms with Crippen LogP contribution >= 0.6 is 0 Å². The number of aryl methyl sites for hydroxylation is 1. The fraction of sp³-hybridized carbons (Fsp3) is 0.684. The molecule has 1 saturated heterocycles. The van der Waals surface area contributed by atoms with E-state index in [0.717, 1.165) is 5.75 Å². The maximum Gasteiger partial charge on any atom is 0.250 e. The van der Waals surface area contributed by atoms with Crippen LogP contribution in [0.25, 0.3) is 0 Å². The fourth-order valence-corrected chi connectivity index (χ4v) is 3.40. The lowest BCUT2D eigenvalue weighted by atomic mass is 9.97. The number of rotatable bonds is 3. The zero-order valence-electron chi connectivity index (χ0n) is 15.9. The Hall–Kier alpha value is -0.843. The maximum absolute atomic E-state index is 6.61. The van der Waals surface area contributed by atoms with Crippen LogP contribution in [0.4, 0.5) is 0 Å². The Morgan fingerprint density at radius 1 is 1.13 bits per heavy atom. The van der Waals surface area contributed by atoms with Crippen molar-refractivity contribution in [3.63, 3.8) is 0 Å². The van der Waals surface area contributed by atoms with Gasteiger partial charge in [-0.2, -0.15) is 0 Å². The van der Waals surface area contributed by atoms with Gasteiger partial charge in [0.15, 0.2) is 5.79 Å². The van der Waals surface area contributed by atoms with Gasteiger partial charge in [-0.05, 0) is 50.5 Å². The first kappa shape index (κ1) is 18.5. The molecule has 4 heteroatoms. The Labute approximate surface area is 142 Å². The van der Waals surface area contributed by atoms with E-state index in [9.17, 15) is 0 Å². The van der Waals surface area contributed by atoms with Crippen molar-refractivity contribution in [2.45, 2.75) is 71.4 Å². The first-order valence-corrected chi connectivity index (χ1v) is 11.4. The highest BCUT2D eigenvalue weighted by atomic mass is 28.4. The SMILES string of the molecule is Cc1ccc(C2COC(C)(C)OC2)c(O[Si](C)(C)C(C)(C)C)c1. The molecule has 130 valence electrons. The molecule has 1 aromatic carbocycles. The molecule has 23 heavy (non-hydrogen) atoms. The van der Waals surface area contributed by atoms with Crippen LogP contribution in [0.3, 0.4) is 0 Å². The normalized spacial score (nSPS) is 19.7. The first-order valence-electron chi connectivity index (χ1n) is 8.49. The van der Waals surface area contributed by atoms with Crippen molar-refractivity contribution in [1.29, 1.82) is 0 Å². The first-order chi connectivity index (χ1) is 10.4. The van der Waals surface area contributed by atoms with Crippen LogP contribution in [0, 0.1) is 6.92 Å². The van der Waals surface area contributed by atoms with Crippen LogP contribution < -0.4 is 4.43 Å². The smallest absolute Gasteiger partial charge is 0.250 e. The molecule has 0 bridgehead atoms. The quantitative estimate of drug-likeness (QED) is 0.706. The van der Waals surface area contributed by atoms with Crippen molar-refractivity contribution in [2.75, 3.05) is 13.2 Å². The minimum absolute atomic E-state index is 0.176. The van der Waals surface area contributed by atoms with E-state index in [4.69, 9.17) is 13.9 Å². The van der Waals surface area contributed by atoms with Gasteiger partial charge >= 0.3 is 0 Å². The second-order valence-electron chi connectivity index (χ2n) is 8.62. The van der Waals surface area contributed by atoms with E-state index < -0.39 is 14.1 Å². The second kappa shape index (κ2) is 6.23. The van der Waals surface area contributed by atoms with Crippen molar-refractivity contribution >= 4 is 8.32 Å². The van der Waals surface area contributed by atoms with E-state index in [1.165, 1.54) is 11.1 Å². The van der Waals surface area contributed by atoms with Crippen LogP contribution in [0.1, 0.15) is 51.7 Å². The largest absolute Gasteiger partial charge is 0.543 e. The number of benzene rings is 1. The Morgan fingerprint density at radius 3 is 2.22 bits per heavy atom. The summed E-state index contributed by atoms with van der Waals surface area (Å²) >= 11 is 0. The molecule has 1 fully saturated rings. The van der Waals surface area contributed by atoms with Crippen molar-refractivity contribution in [1.82, 2.24) is 0 Å². The van der Waals surface area contributed by atoms with Crippen molar-refractivity contribution < 1.29 is 13.9 Å². The van der Waals surface area contributed by atoms with E-state index in [1.54, 1.807) is 0 Å². The van der Waals surface area contributed by atoms with Gasteiger partial charge in [-0.1, -0.05) is 32.9 Å². The molecule has 0 amide bonds. The third-order valence-electron chi connectivity index (χ3n) is 5.04.